The summed E-state index contributed by atoms with van der Waals surface area (Å²) in [5.74, 6) is -0.818. The van der Waals surface area contributed by atoms with Crippen molar-refractivity contribution in [2.24, 2.45) is 4.99 Å². The third-order valence-electron chi connectivity index (χ3n) is 8.11. The number of rotatable bonds is 9. The average molecular weight is 585 g/mol. The van der Waals surface area contributed by atoms with E-state index in [-0.39, 0.29) is 30.5 Å². The Balaban J connectivity index is 1.23. The highest BCUT2D eigenvalue weighted by Gasteiger charge is 2.27. The summed E-state index contributed by atoms with van der Waals surface area (Å²) in [7, 11) is 0. The molecule has 2 aromatic carbocycles. The smallest absolute Gasteiger partial charge is 0.331 e. The number of benzene rings is 2. The molecule has 3 aliphatic rings. The van der Waals surface area contributed by atoms with E-state index in [0.29, 0.717) is 78.5 Å². The average Bonchev–Trinajstić information content (AvgIpc) is 3.31. The number of aliphatic carboxylic acids is 1. The molecule has 0 bridgehead atoms. The van der Waals surface area contributed by atoms with E-state index in [0.717, 1.165) is 23.4 Å². The van der Waals surface area contributed by atoms with Crippen LogP contribution < -0.4 is 0 Å². The summed E-state index contributed by atoms with van der Waals surface area (Å²) in [5, 5.41) is 18.5. The number of fused-ring (bicyclic) bond motifs is 1. The monoisotopic (exact) mass is 584 g/mol. The van der Waals surface area contributed by atoms with Crippen molar-refractivity contribution in [1.29, 1.82) is 5.26 Å². The van der Waals surface area contributed by atoms with E-state index >= 15 is 4.39 Å². The molecular weight excluding hydrogens is 554 g/mol. The minimum absolute atomic E-state index is 0.0248. The molecule has 1 aromatic heterocycles. The molecule has 6 rings (SSSR count). The first-order valence-corrected chi connectivity index (χ1v) is 14.3. The molecule has 3 aromatic rings. The SMILES string of the molecule is Cc1cc(Cc2nc3c(n2CC2CCO2)C=C(C(=O)O)CC3)c(F)cc1C1=NC(OCc2ccc(C#N)cc2F)=CCC1. The second-order valence-electron chi connectivity index (χ2n) is 11.0. The Morgan fingerprint density at radius 3 is 2.72 bits per heavy atom. The maximum atomic E-state index is 15.6. The molecule has 220 valence electrons. The molecule has 8 nitrogen and oxygen atoms in total. The number of aromatic nitrogens is 2. The summed E-state index contributed by atoms with van der Waals surface area (Å²) in [6, 6.07) is 9.44. The van der Waals surface area contributed by atoms with Gasteiger partial charge in [-0.25, -0.2) is 23.6 Å². The topological polar surface area (TPSA) is 110 Å². The molecule has 1 saturated heterocycles. The molecular formula is C33H30F2N4O4. The second-order valence-corrected chi connectivity index (χ2v) is 11.0. The highest BCUT2D eigenvalue weighted by atomic mass is 19.1. The molecule has 43 heavy (non-hydrogen) atoms. The summed E-state index contributed by atoms with van der Waals surface area (Å²) in [4.78, 5) is 21.1. The highest BCUT2D eigenvalue weighted by Crippen LogP contribution is 2.30. The lowest BCUT2D eigenvalue weighted by atomic mass is 9.96. The number of nitriles is 1. The first kappa shape index (κ1) is 28.5. The van der Waals surface area contributed by atoms with E-state index in [4.69, 9.17) is 19.7 Å². The van der Waals surface area contributed by atoms with Crippen molar-refractivity contribution < 1.29 is 28.2 Å². The number of ether oxygens (including phenoxy) is 2. The summed E-state index contributed by atoms with van der Waals surface area (Å²) < 4.78 is 43.3. The van der Waals surface area contributed by atoms with Crippen LogP contribution in [0.5, 0.6) is 0 Å². The van der Waals surface area contributed by atoms with Crippen molar-refractivity contribution in [2.45, 2.75) is 64.7 Å². The summed E-state index contributed by atoms with van der Waals surface area (Å²) >= 11 is 0. The minimum Gasteiger partial charge on any atom is -0.478 e. The van der Waals surface area contributed by atoms with E-state index in [1.165, 1.54) is 24.3 Å². The van der Waals surface area contributed by atoms with Crippen LogP contribution in [0.2, 0.25) is 0 Å². The number of aliphatic imine (C=N–C) groups is 1. The van der Waals surface area contributed by atoms with Crippen LogP contribution in [0.4, 0.5) is 8.78 Å². The standard InChI is InChI=1S/C33H30F2N4O4/c1-19-11-23(14-31-37-29-8-7-21(33(40)41)13-30(29)39(31)17-24-9-10-42-24)27(35)15-25(19)28-3-2-4-32(38-28)43-18-22-6-5-20(16-36)12-26(22)34/h4-6,11-13,15,24H,2-3,7-10,14,17-18H2,1H3,(H,40,41). The Kier molecular flexibility index (Phi) is 7.91. The van der Waals surface area contributed by atoms with Gasteiger partial charge >= 0.3 is 5.97 Å². The van der Waals surface area contributed by atoms with Crippen LogP contribution in [0.15, 0.2) is 52.9 Å². The van der Waals surface area contributed by atoms with Gasteiger partial charge in [0.2, 0.25) is 5.88 Å². The molecule has 1 atom stereocenters. The van der Waals surface area contributed by atoms with E-state index in [1.807, 2.05) is 29.7 Å². The van der Waals surface area contributed by atoms with Crippen LogP contribution >= 0.6 is 0 Å². The van der Waals surface area contributed by atoms with Crippen molar-refractivity contribution in [3.05, 3.63) is 105 Å². The van der Waals surface area contributed by atoms with Crippen LogP contribution in [0.3, 0.4) is 0 Å². The third kappa shape index (κ3) is 5.99. The first-order chi connectivity index (χ1) is 20.8. The number of hydrogen-bond donors (Lipinski definition) is 1. The van der Waals surface area contributed by atoms with Gasteiger partial charge in [-0.1, -0.05) is 12.1 Å². The Labute approximate surface area is 247 Å². The van der Waals surface area contributed by atoms with Crippen LogP contribution in [0, 0.1) is 29.9 Å². The number of carbonyl (C=O) groups is 1. The van der Waals surface area contributed by atoms with Crippen molar-refractivity contribution in [3.8, 4) is 6.07 Å². The van der Waals surface area contributed by atoms with Crippen LogP contribution in [0.25, 0.3) is 6.08 Å². The van der Waals surface area contributed by atoms with Crippen LogP contribution in [-0.2, 0) is 40.3 Å². The highest BCUT2D eigenvalue weighted by molar-refractivity contribution is 6.02. The van der Waals surface area contributed by atoms with Gasteiger partial charge in [0.1, 0.15) is 24.1 Å². The molecule has 1 unspecified atom stereocenters. The van der Waals surface area contributed by atoms with Gasteiger partial charge in [-0.2, -0.15) is 5.26 Å². The van der Waals surface area contributed by atoms with Gasteiger partial charge in [0, 0.05) is 29.7 Å². The first-order valence-electron chi connectivity index (χ1n) is 14.3. The predicted octanol–water partition coefficient (Wildman–Crippen LogP) is 5.78. The zero-order valence-electron chi connectivity index (χ0n) is 23.7. The predicted molar refractivity (Wildman–Crippen MR) is 154 cm³/mol. The largest absolute Gasteiger partial charge is 0.478 e. The van der Waals surface area contributed by atoms with Gasteiger partial charge in [-0.15, -0.1) is 0 Å². The van der Waals surface area contributed by atoms with Gasteiger partial charge in [-0.3, -0.25) is 0 Å². The van der Waals surface area contributed by atoms with Crippen LogP contribution in [-0.4, -0.2) is 39.0 Å². The van der Waals surface area contributed by atoms with Crippen molar-refractivity contribution in [2.75, 3.05) is 6.61 Å². The van der Waals surface area contributed by atoms with Crippen molar-refractivity contribution in [1.82, 2.24) is 9.55 Å². The Morgan fingerprint density at radius 1 is 1.19 bits per heavy atom. The van der Waals surface area contributed by atoms with Gasteiger partial charge in [-0.05, 0) is 80.5 Å². The van der Waals surface area contributed by atoms with Crippen molar-refractivity contribution >= 4 is 17.8 Å². The van der Waals surface area contributed by atoms with E-state index < -0.39 is 11.8 Å². The molecule has 2 aliphatic heterocycles. The lowest BCUT2D eigenvalue weighted by Crippen LogP contribution is -2.32. The molecule has 0 amide bonds. The number of carboxylic acid groups (broad SMARTS) is 1. The number of aryl methyl sites for hydroxylation is 2. The Hall–Kier alpha value is -4.62. The molecule has 3 heterocycles. The fourth-order valence-electron chi connectivity index (χ4n) is 5.64. The Morgan fingerprint density at radius 2 is 2.00 bits per heavy atom. The molecule has 0 radical (unpaired) electrons. The third-order valence-corrected chi connectivity index (χ3v) is 8.11. The van der Waals surface area contributed by atoms with Gasteiger partial charge in [0.05, 0.1) is 41.4 Å². The van der Waals surface area contributed by atoms with E-state index in [9.17, 15) is 14.3 Å². The van der Waals surface area contributed by atoms with Gasteiger partial charge < -0.3 is 19.1 Å². The molecule has 1 N–H and O–H groups in total. The maximum absolute atomic E-state index is 15.6. The fraction of sp³-hybridized carbons (Fsp3) is 0.333. The molecule has 10 heteroatoms. The lowest BCUT2D eigenvalue weighted by Gasteiger charge is -2.28. The molecule has 0 saturated carbocycles. The lowest BCUT2D eigenvalue weighted by molar-refractivity contribution is -0.132. The number of hydrogen-bond acceptors (Lipinski definition) is 6. The summed E-state index contributed by atoms with van der Waals surface area (Å²) in [6.07, 6.45) is 6.87. The molecule has 1 aliphatic carbocycles. The zero-order chi connectivity index (χ0) is 30.1. The fourth-order valence-corrected chi connectivity index (χ4v) is 5.64. The quantitative estimate of drug-likeness (QED) is 0.342. The van der Waals surface area contributed by atoms with E-state index in [2.05, 4.69) is 4.99 Å². The van der Waals surface area contributed by atoms with Crippen LogP contribution in [0.1, 0.15) is 70.7 Å². The summed E-state index contributed by atoms with van der Waals surface area (Å²) in [5.41, 5.74) is 5.19. The number of imidazole rings is 1. The van der Waals surface area contributed by atoms with E-state index in [1.54, 1.807) is 6.08 Å². The Bertz CT molecular complexity index is 1740. The number of allylic oxidation sites excluding steroid dienone is 1. The van der Waals surface area contributed by atoms with Gasteiger partial charge in [0.25, 0.3) is 0 Å². The van der Waals surface area contributed by atoms with Gasteiger partial charge in [0.15, 0.2) is 0 Å². The number of halogens is 2. The number of nitrogens with zero attached hydrogens (tertiary/aromatic N) is 4. The molecule has 0 spiro atoms. The number of carboxylic acids is 1. The maximum Gasteiger partial charge on any atom is 0.331 e. The normalized spacial score (nSPS) is 17.6. The second kappa shape index (κ2) is 11.9. The zero-order valence-corrected chi connectivity index (χ0v) is 23.7. The minimum atomic E-state index is -0.937. The summed E-state index contributed by atoms with van der Waals surface area (Å²) in [6.45, 7) is 3.10. The van der Waals surface area contributed by atoms with Crippen molar-refractivity contribution in [3.63, 3.8) is 0 Å². The molecule has 1 fully saturated rings.